The summed E-state index contributed by atoms with van der Waals surface area (Å²) in [4.78, 5) is 14.6. The molecule has 2 aromatic carbocycles. The van der Waals surface area contributed by atoms with Gasteiger partial charge in [-0.25, -0.2) is 9.18 Å². The van der Waals surface area contributed by atoms with Gasteiger partial charge in [-0.3, -0.25) is 4.90 Å². The summed E-state index contributed by atoms with van der Waals surface area (Å²) in [5, 5.41) is 9.85. The van der Waals surface area contributed by atoms with Gasteiger partial charge >= 0.3 is 12.5 Å². The first-order valence-corrected chi connectivity index (χ1v) is 11.3. The van der Waals surface area contributed by atoms with E-state index in [-0.39, 0.29) is 35.6 Å². The Morgan fingerprint density at radius 2 is 1.91 bits per heavy atom. The van der Waals surface area contributed by atoms with Crippen molar-refractivity contribution in [1.29, 1.82) is 0 Å². The van der Waals surface area contributed by atoms with Crippen LogP contribution in [0, 0.1) is 5.82 Å². The van der Waals surface area contributed by atoms with Crippen LogP contribution >= 0.6 is 11.8 Å². The number of hydrogen-bond donors (Lipinski definition) is 1. The zero-order valence-electron chi connectivity index (χ0n) is 17.0. The molecule has 1 aromatic heterocycles. The monoisotopic (exact) mass is 462 g/mol. The van der Waals surface area contributed by atoms with E-state index in [4.69, 9.17) is 4.42 Å². The molecule has 0 saturated carbocycles. The number of hydrogen-bond acceptors (Lipinski definition) is 5. The van der Waals surface area contributed by atoms with E-state index in [0.717, 1.165) is 30.4 Å². The quantitative estimate of drug-likeness (QED) is 0.529. The minimum absolute atomic E-state index is 0.00442. The molecule has 1 saturated heterocycles. The molecule has 0 spiro atoms. The van der Waals surface area contributed by atoms with Crippen LogP contribution in [0.3, 0.4) is 0 Å². The molecule has 2 heterocycles. The Hall–Kier alpha value is -3.01. The van der Waals surface area contributed by atoms with E-state index in [1.807, 2.05) is 30.0 Å². The molecule has 1 N–H and O–H groups in total. The summed E-state index contributed by atoms with van der Waals surface area (Å²) in [5.41, 5.74) is 1.08. The molecule has 168 valence electrons. The van der Waals surface area contributed by atoms with E-state index in [2.05, 4.69) is 15.5 Å². The second kappa shape index (κ2) is 10.1. The fourth-order valence-corrected chi connectivity index (χ4v) is 4.51. The number of urea groups is 1. The van der Waals surface area contributed by atoms with Gasteiger partial charge in [-0.05, 0) is 48.6 Å². The van der Waals surface area contributed by atoms with Gasteiger partial charge < -0.3 is 9.73 Å². The Morgan fingerprint density at radius 3 is 2.56 bits per heavy atom. The molecule has 1 aliphatic rings. The van der Waals surface area contributed by atoms with Gasteiger partial charge in [-0.1, -0.05) is 24.3 Å². The maximum Gasteiger partial charge on any atom is 0.322 e. The fraction of sp³-hybridized carbons (Fsp3) is 0.318. The van der Waals surface area contributed by atoms with Crippen molar-refractivity contribution in [3.05, 3.63) is 65.8 Å². The number of nitrogens with zero attached hydrogens (tertiary/aromatic N) is 3. The number of para-hydroxylation sites is 1. The van der Waals surface area contributed by atoms with Gasteiger partial charge in [0.05, 0.1) is 6.54 Å². The summed E-state index contributed by atoms with van der Waals surface area (Å²) in [7, 11) is 0. The standard InChI is InChI=1S/C22H21F3N4O2S/c23-18-12-14(20-27-28-21(31-20)19(24)25)6-7-15(18)13-29(17-4-2-1-3-5-17)22(30)26-16-8-10-32-11-9-16/h1-7,12,16,19H,8-11,13H2,(H,26,30). The highest BCUT2D eigenvalue weighted by Gasteiger charge is 2.23. The van der Waals surface area contributed by atoms with Crippen molar-refractivity contribution >= 4 is 23.5 Å². The molecule has 0 atom stereocenters. The zero-order chi connectivity index (χ0) is 22.5. The largest absolute Gasteiger partial charge is 0.415 e. The third kappa shape index (κ3) is 5.24. The van der Waals surface area contributed by atoms with Crippen LogP contribution in [0.5, 0.6) is 0 Å². The van der Waals surface area contributed by atoms with Gasteiger partial charge in [0.2, 0.25) is 5.89 Å². The van der Waals surface area contributed by atoms with Crippen LogP contribution in [0.1, 0.15) is 30.7 Å². The van der Waals surface area contributed by atoms with Crippen molar-refractivity contribution in [2.45, 2.75) is 31.9 Å². The smallest absolute Gasteiger partial charge is 0.322 e. The highest BCUT2D eigenvalue weighted by atomic mass is 32.2. The summed E-state index contributed by atoms with van der Waals surface area (Å²) in [6.45, 7) is -0.00442. The fourth-order valence-electron chi connectivity index (χ4n) is 3.40. The third-order valence-electron chi connectivity index (χ3n) is 5.12. The van der Waals surface area contributed by atoms with Gasteiger partial charge in [0.25, 0.3) is 5.89 Å². The highest BCUT2D eigenvalue weighted by molar-refractivity contribution is 7.99. The van der Waals surface area contributed by atoms with Crippen LogP contribution < -0.4 is 10.2 Å². The van der Waals surface area contributed by atoms with Crippen LogP contribution in [0.25, 0.3) is 11.5 Å². The van der Waals surface area contributed by atoms with E-state index in [0.29, 0.717) is 5.69 Å². The average Bonchev–Trinajstić information content (AvgIpc) is 3.30. The minimum Gasteiger partial charge on any atom is -0.415 e. The normalized spacial score (nSPS) is 14.5. The maximum atomic E-state index is 14.9. The summed E-state index contributed by atoms with van der Waals surface area (Å²) in [6.07, 6.45) is -1.11. The Labute approximate surface area is 187 Å². The number of carbonyl (C=O) groups excluding carboxylic acids is 1. The first-order chi connectivity index (χ1) is 15.5. The number of amides is 2. The second-order valence-corrected chi connectivity index (χ2v) is 8.53. The van der Waals surface area contributed by atoms with Gasteiger partial charge in [0.15, 0.2) is 0 Å². The van der Waals surface area contributed by atoms with E-state index < -0.39 is 18.1 Å². The van der Waals surface area contributed by atoms with Gasteiger partial charge in [0, 0.05) is 22.9 Å². The first-order valence-electron chi connectivity index (χ1n) is 10.1. The van der Waals surface area contributed by atoms with Crippen LogP contribution in [-0.2, 0) is 6.54 Å². The SMILES string of the molecule is O=C(NC1CCSCC1)N(Cc1ccc(-c2nnc(C(F)F)o2)cc1F)c1ccccc1. The minimum atomic E-state index is -2.90. The van der Waals surface area contributed by atoms with Crippen molar-refractivity contribution in [3.63, 3.8) is 0 Å². The molecule has 0 radical (unpaired) electrons. The van der Waals surface area contributed by atoms with Crippen molar-refractivity contribution in [2.75, 3.05) is 16.4 Å². The van der Waals surface area contributed by atoms with E-state index in [1.54, 1.807) is 12.1 Å². The lowest BCUT2D eigenvalue weighted by Gasteiger charge is -2.28. The maximum absolute atomic E-state index is 14.9. The zero-order valence-corrected chi connectivity index (χ0v) is 17.8. The predicted octanol–water partition coefficient (Wildman–Crippen LogP) is 5.43. The molecule has 0 bridgehead atoms. The predicted molar refractivity (Wildman–Crippen MR) is 116 cm³/mol. The molecular formula is C22H21F3N4O2S. The molecule has 0 aliphatic carbocycles. The molecule has 32 heavy (non-hydrogen) atoms. The average molecular weight is 462 g/mol. The molecule has 6 nitrogen and oxygen atoms in total. The number of thioether (sulfide) groups is 1. The lowest BCUT2D eigenvalue weighted by molar-refractivity contribution is 0.116. The highest BCUT2D eigenvalue weighted by Crippen LogP contribution is 2.26. The molecule has 1 aliphatic heterocycles. The number of carbonyl (C=O) groups is 1. The number of alkyl halides is 2. The number of aromatic nitrogens is 2. The van der Waals surface area contributed by atoms with Crippen LogP contribution in [0.4, 0.5) is 23.7 Å². The summed E-state index contributed by atoms with van der Waals surface area (Å²) in [6, 6.07) is 12.9. The van der Waals surface area contributed by atoms with Crippen molar-refractivity contribution < 1.29 is 22.4 Å². The molecule has 1 fully saturated rings. The topological polar surface area (TPSA) is 71.3 Å². The number of nitrogens with one attached hydrogen (secondary N) is 1. The van der Waals surface area contributed by atoms with E-state index in [1.165, 1.54) is 17.0 Å². The Bertz CT molecular complexity index is 1060. The lowest BCUT2D eigenvalue weighted by Crippen LogP contribution is -2.46. The molecule has 2 amide bonds. The Kier molecular flexibility index (Phi) is 6.99. The summed E-state index contributed by atoms with van der Waals surface area (Å²) < 4.78 is 45.1. The molecular weight excluding hydrogens is 441 g/mol. The summed E-state index contributed by atoms with van der Waals surface area (Å²) >= 11 is 1.86. The molecule has 3 aromatic rings. The Balaban J connectivity index is 1.55. The Morgan fingerprint density at radius 1 is 1.16 bits per heavy atom. The van der Waals surface area contributed by atoms with Gasteiger partial charge in [-0.2, -0.15) is 20.5 Å². The van der Waals surface area contributed by atoms with E-state index in [9.17, 15) is 18.0 Å². The van der Waals surface area contributed by atoms with Crippen LogP contribution in [0.15, 0.2) is 52.9 Å². The van der Waals surface area contributed by atoms with E-state index >= 15 is 0 Å². The lowest BCUT2D eigenvalue weighted by atomic mass is 10.1. The van der Waals surface area contributed by atoms with Gasteiger partial charge in [-0.15, -0.1) is 10.2 Å². The van der Waals surface area contributed by atoms with Crippen molar-refractivity contribution in [1.82, 2.24) is 15.5 Å². The van der Waals surface area contributed by atoms with Crippen molar-refractivity contribution in [3.8, 4) is 11.5 Å². The second-order valence-electron chi connectivity index (χ2n) is 7.31. The first kappa shape index (κ1) is 22.2. The van der Waals surface area contributed by atoms with Crippen molar-refractivity contribution in [2.24, 2.45) is 0 Å². The number of halogens is 3. The third-order valence-corrected chi connectivity index (χ3v) is 6.17. The summed E-state index contributed by atoms with van der Waals surface area (Å²) in [5.74, 6) is 0.364. The number of anilines is 1. The number of rotatable bonds is 6. The molecule has 10 heteroatoms. The van der Waals surface area contributed by atoms with Crippen LogP contribution in [0.2, 0.25) is 0 Å². The molecule has 4 rings (SSSR count). The van der Waals surface area contributed by atoms with Gasteiger partial charge in [0.1, 0.15) is 5.82 Å². The van der Waals surface area contributed by atoms with Crippen LogP contribution in [-0.4, -0.2) is 33.8 Å². The number of benzene rings is 2. The molecule has 0 unspecified atom stereocenters.